The number of pyridine rings is 1. The molecule has 3 nitrogen and oxygen atoms in total. The minimum Gasteiger partial charge on any atom is -0.293 e. The monoisotopic (exact) mass is 147 g/mol. The smallest absolute Gasteiger partial charge is 0.181 e. The number of nitrogens with one attached hydrogen (secondary N) is 1. The van der Waals surface area contributed by atoms with Gasteiger partial charge in [-0.15, -0.1) is 0 Å². The van der Waals surface area contributed by atoms with Gasteiger partial charge < -0.3 is 0 Å². The van der Waals surface area contributed by atoms with Crippen LogP contribution in [-0.4, -0.2) is 4.98 Å². The number of hydrogen-bond acceptors (Lipinski definition) is 3. The van der Waals surface area contributed by atoms with Gasteiger partial charge in [0.2, 0.25) is 0 Å². The second-order valence-corrected chi connectivity index (χ2v) is 2.38. The number of nitriles is 1. The van der Waals surface area contributed by atoms with E-state index >= 15 is 0 Å². The first kappa shape index (κ1) is 7.55. The van der Waals surface area contributed by atoms with E-state index in [0.29, 0.717) is 0 Å². The molecule has 0 fully saturated rings. The Bertz CT molecular complexity index is 278. The molecule has 3 heteroatoms. The highest BCUT2D eigenvalue weighted by atomic mass is 14.9. The molecule has 0 atom stereocenters. The topological polar surface area (TPSA) is 48.7 Å². The largest absolute Gasteiger partial charge is 0.293 e. The fourth-order valence-corrected chi connectivity index (χ4v) is 0.971. The van der Waals surface area contributed by atoms with Gasteiger partial charge in [-0.1, -0.05) is 0 Å². The van der Waals surface area contributed by atoms with Crippen molar-refractivity contribution in [3.8, 4) is 6.19 Å². The standard InChI is InChI=1S/C8H9N3/c1-6-3-8(10-5-9)4-7(2)11-6/h3-4H,1-2H3,(H,10,11). The van der Waals surface area contributed by atoms with Crippen molar-refractivity contribution >= 4 is 5.69 Å². The van der Waals surface area contributed by atoms with Crippen LogP contribution in [0.2, 0.25) is 0 Å². The molecule has 0 aromatic carbocycles. The average molecular weight is 147 g/mol. The summed E-state index contributed by atoms with van der Waals surface area (Å²) in [6.07, 6.45) is 1.86. The molecule has 1 N–H and O–H groups in total. The lowest BCUT2D eigenvalue weighted by molar-refractivity contribution is 1.12. The van der Waals surface area contributed by atoms with Crippen LogP contribution in [0.5, 0.6) is 0 Å². The SMILES string of the molecule is Cc1cc(NC#N)cc(C)n1. The molecule has 11 heavy (non-hydrogen) atoms. The van der Waals surface area contributed by atoms with Gasteiger partial charge in [0.25, 0.3) is 0 Å². The quantitative estimate of drug-likeness (QED) is 0.484. The number of aryl methyl sites for hydroxylation is 2. The van der Waals surface area contributed by atoms with E-state index < -0.39 is 0 Å². The molecule has 56 valence electrons. The van der Waals surface area contributed by atoms with Gasteiger partial charge in [0.15, 0.2) is 6.19 Å². The van der Waals surface area contributed by atoms with Crippen molar-refractivity contribution in [3.05, 3.63) is 23.5 Å². The Balaban J connectivity index is 3.01. The molecule has 0 aliphatic carbocycles. The van der Waals surface area contributed by atoms with Crippen molar-refractivity contribution in [2.24, 2.45) is 0 Å². The van der Waals surface area contributed by atoms with Crippen LogP contribution < -0.4 is 5.32 Å². The van der Waals surface area contributed by atoms with E-state index in [1.165, 1.54) is 0 Å². The molecular weight excluding hydrogens is 138 g/mol. The molecular formula is C8H9N3. The second-order valence-electron chi connectivity index (χ2n) is 2.38. The zero-order chi connectivity index (χ0) is 8.27. The van der Waals surface area contributed by atoms with Crippen LogP contribution in [0, 0.1) is 25.3 Å². The van der Waals surface area contributed by atoms with Crippen LogP contribution in [0.4, 0.5) is 5.69 Å². The molecule has 0 radical (unpaired) electrons. The van der Waals surface area contributed by atoms with Gasteiger partial charge in [-0.05, 0) is 26.0 Å². The highest BCUT2D eigenvalue weighted by molar-refractivity contribution is 5.47. The van der Waals surface area contributed by atoms with Gasteiger partial charge >= 0.3 is 0 Å². The zero-order valence-corrected chi connectivity index (χ0v) is 6.55. The molecule has 0 saturated heterocycles. The van der Waals surface area contributed by atoms with Crippen LogP contribution in [0.1, 0.15) is 11.4 Å². The number of anilines is 1. The molecule has 0 spiro atoms. The lowest BCUT2D eigenvalue weighted by Gasteiger charge is -1.99. The van der Waals surface area contributed by atoms with Gasteiger partial charge in [-0.25, -0.2) is 0 Å². The summed E-state index contributed by atoms with van der Waals surface area (Å²) in [5.41, 5.74) is 2.64. The van der Waals surface area contributed by atoms with Gasteiger partial charge in [0, 0.05) is 11.4 Å². The van der Waals surface area contributed by atoms with E-state index in [1.807, 2.05) is 32.2 Å². The zero-order valence-electron chi connectivity index (χ0n) is 6.55. The van der Waals surface area contributed by atoms with E-state index in [4.69, 9.17) is 5.26 Å². The fourth-order valence-electron chi connectivity index (χ4n) is 0.971. The number of hydrogen-bond donors (Lipinski definition) is 1. The van der Waals surface area contributed by atoms with Crippen LogP contribution in [0.25, 0.3) is 0 Å². The van der Waals surface area contributed by atoms with Crippen molar-refractivity contribution in [1.82, 2.24) is 4.98 Å². The summed E-state index contributed by atoms with van der Waals surface area (Å²) in [5, 5.41) is 10.9. The third kappa shape index (κ3) is 1.94. The molecule has 1 rings (SSSR count). The molecule has 0 unspecified atom stereocenters. The van der Waals surface area contributed by atoms with Crippen LogP contribution >= 0.6 is 0 Å². The average Bonchev–Trinajstić information content (AvgIpc) is 1.85. The molecule has 0 amide bonds. The van der Waals surface area contributed by atoms with Gasteiger partial charge in [-0.2, -0.15) is 5.26 Å². The Morgan fingerprint density at radius 1 is 1.36 bits per heavy atom. The molecule has 0 saturated carbocycles. The fraction of sp³-hybridized carbons (Fsp3) is 0.250. The van der Waals surface area contributed by atoms with E-state index in [-0.39, 0.29) is 0 Å². The first-order valence-corrected chi connectivity index (χ1v) is 3.33. The molecule has 0 aliphatic rings. The molecule has 0 bridgehead atoms. The predicted molar refractivity (Wildman–Crippen MR) is 42.9 cm³/mol. The summed E-state index contributed by atoms with van der Waals surface area (Å²) >= 11 is 0. The first-order valence-electron chi connectivity index (χ1n) is 3.33. The third-order valence-electron chi connectivity index (χ3n) is 1.28. The van der Waals surface area contributed by atoms with E-state index in [0.717, 1.165) is 17.1 Å². The number of aromatic nitrogens is 1. The maximum atomic E-state index is 8.32. The Morgan fingerprint density at radius 2 is 1.91 bits per heavy atom. The Hall–Kier alpha value is -1.56. The third-order valence-corrected chi connectivity index (χ3v) is 1.28. The molecule has 0 aliphatic heterocycles. The summed E-state index contributed by atoms with van der Waals surface area (Å²) in [6, 6.07) is 3.66. The maximum Gasteiger partial charge on any atom is 0.181 e. The number of rotatable bonds is 1. The van der Waals surface area contributed by atoms with Gasteiger partial charge in [-0.3, -0.25) is 10.3 Å². The minimum absolute atomic E-state index is 0.803. The van der Waals surface area contributed by atoms with Crippen molar-refractivity contribution < 1.29 is 0 Å². The summed E-state index contributed by atoms with van der Waals surface area (Å²) < 4.78 is 0. The van der Waals surface area contributed by atoms with Crippen molar-refractivity contribution in [2.45, 2.75) is 13.8 Å². The van der Waals surface area contributed by atoms with Crippen LogP contribution in [0.3, 0.4) is 0 Å². The molecule has 1 heterocycles. The highest BCUT2D eigenvalue weighted by Crippen LogP contribution is 2.09. The first-order chi connectivity index (χ1) is 5.22. The summed E-state index contributed by atoms with van der Waals surface area (Å²) in [6.45, 7) is 3.80. The summed E-state index contributed by atoms with van der Waals surface area (Å²) in [4.78, 5) is 4.17. The van der Waals surface area contributed by atoms with Crippen molar-refractivity contribution in [3.63, 3.8) is 0 Å². The lowest BCUT2D eigenvalue weighted by atomic mass is 10.3. The normalized spacial score (nSPS) is 8.82. The summed E-state index contributed by atoms with van der Waals surface area (Å²) in [7, 11) is 0. The van der Waals surface area contributed by atoms with Crippen molar-refractivity contribution in [2.75, 3.05) is 5.32 Å². The Labute approximate surface area is 65.7 Å². The van der Waals surface area contributed by atoms with E-state index in [1.54, 1.807) is 0 Å². The minimum atomic E-state index is 0.803. The van der Waals surface area contributed by atoms with Gasteiger partial charge in [0.1, 0.15) is 0 Å². The lowest BCUT2D eigenvalue weighted by Crippen LogP contribution is -1.92. The Kier molecular flexibility index (Phi) is 2.07. The molecule has 1 aromatic rings. The Morgan fingerprint density at radius 3 is 2.36 bits per heavy atom. The maximum absolute atomic E-state index is 8.32. The van der Waals surface area contributed by atoms with Crippen LogP contribution in [0.15, 0.2) is 12.1 Å². The van der Waals surface area contributed by atoms with E-state index in [9.17, 15) is 0 Å². The van der Waals surface area contributed by atoms with Crippen LogP contribution in [-0.2, 0) is 0 Å². The highest BCUT2D eigenvalue weighted by Gasteiger charge is 1.93. The van der Waals surface area contributed by atoms with Gasteiger partial charge in [0.05, 0.1) is 5.69 Å². The number of nitrogens with zero attached hydrogens (tertiary/aromatic N) is 2. The molecule has 1 aromatic heterocycles. The van der Waals surface area contributed by atoms with Crippen molar-refractivity contribution in [1.29, 1.82) is 5.26 Å². The predicted octanol–water partition coefficient (Wildman–Crippen LogP) is 1.59. The second kappa shape index (κ2) is 3.02. The summed E-state index contributed by atoms with van der Waals surface area (Å²) in [5.74, 6) is 0. The van der Waals surface area contributed by atoms with E-state index in [2.05, 4.69) is 10.3 Å².